The molecule has 13 heavy (non-hydrogen) atoms. The average Bonchev–Trinajstić information content (AvgIpc) is 2.57. The SMILES string of the molecule is CCCCc1cc2ccccc2o1. The molecule has 0 bridgehead atoms. The normalized spacial score (nSPS) is 10.8. The van der Waals surface area contributed by atoms with Crippen LogP contribution >= 0.6 is 0 Å². The van der Waals surface area contributed by atoms with Gasteiger partial charge in [0.15, 0.2) is 0 Å². The summed E-state index contributed by atoms with van der Waals surface area (Å²) >= 11 is 0. The van der Waals surface area contributed by atoms with Crippen molar-refractivity contribution in [2.24, 2.45) is 0 Å². The Balaban J connectivity index is 2.28. The lowest BCUT2D eigenvalue weighted by Gasteiger charge is -1.90. The van der Waals surface area contributed by atoms with E-state index in [1.54, 1.807) is 0 Å². The fourth-order valence-electron chi connectivity index (χ4n) is 1.51. The number of hydrogen-bond donors (Lipinski definition) is 0. The molecule has 0 radical (unpaired) electrons. The Labute approximate surface area is 78.4 Å². The summed E-state index contributed by atoms with van der Waals surface area (Å²) in [6, 6.07) is 10.3. The molecule has 1 aromatic carbocycles. The van der Waals surface area contributed by atoms with Crippen LogP contribution in [0.25, 0.3) is 11.0 Å². The van der Waals surface area contributed by atoms with E-state index < -0.39 is 0 Å². The zero-order chi connectivity index (χ0) is 9.10. The summed E-state index contributed by atoms with van der Waals surface area (Å²) in [5, 5.41) is 1.22. The van der Waals surface area contributed by atoms with Gasteiger partial charge in [0.25, 0.3) is 0 Å². The maximum Gasteiger partial charge on any atom is 0.134 e. The smallest absolute Gasteiger partial charge is 0.134 e. The molecule has 68 valence electrons. The first-order chi connectivity index (χ1) is 6.40. The number of para-hydroxylation sites is 1. The maximum absolute atomic E-state index is 5.67. The standard InChI is InChI=1S/C12H14O/c1-2-3-7-11-9-10-6-4-5-8-12(10)13-11/h4-6,8-9H,2-3,7H2,1H3. The molecule has 1 heteroatoms. The number of rotatable bonds is 3. The van der Waals surface area contributed by atoms with Crippen LogP contribution in [0.4, 0.5) is 0 Å². The Bertz CT molecular complexity index is 354. The molecule has 0 saturated carbocycles. The summed E-state index contributed by atoms with van der Waals surface area (Å²) in [5.41, 5.74) is 1.01. The molecule has 2 aromatic rings. The lowest BCUT2D eigenvalue weighted by atomic mass is 10.2. The highest BCUT2D eigenvalue weighted by Gasteiger charge is 2.01. The van der Waals surface area contributed by atoms with Gasteiger partial charge in [0.05, 0.1) is 0 Å². The molecule has 0 atom stereocenters. The van der Waals surface area contributed by atoms with Gasteiger partial charge in [0.1, 0.15) is 11.3 Å². The van der Waals surface area contributed by atoms with Crippen LogP contribution in [0.5, 0.6) is 0 Å². The number of unbranched alkanes of at least 4 members (excludes halogenated alkanes) is 1. The Morgan fingerprint density at radius 1 is 1.23 bits per heavy atom. The van der Waals surface area contributed by atoms with E-state index in [0.717, 1.165) is 17.8 Å². The zero-order valence-electron chi connectivity index (χ0n) is 7.92. The van der Waals surface area contributed by atoms with E-state index in [-0.39, 0.29) is 0 Å². The van der Waals surface area contributed by atoms with Gasteiger partial charge < -0.3 is 4.42 Å². The third-order valence-electron chi connectivity index (χ3n) is 2.25. The Morgan fingerprint density at radius 2 is 2.08 bits per heavy atom. The Morgan fingerprint density at radius 3 is 2.85 bits per heavy atom. The molecule has 0 aliphatic carbocycles. The number of fused-ring (bicyclic) bond motifs is 1. The molecular weight excluding hydrogens is 160 g/mol. The van der Waals surface area contributed by atoms with Crippen molar-refractivity contribution in [1.29, 1.82) is 0 Å². The molecule has 0 amide bonds. The van der Waals surface area contributed by atoms with Gasteiger partial charge in [-0.15, -0.1) is 0 Å². The van der Waals surface area contributed by atoms with Crippen molar-refractivity contribution in [3.05, 3.63) is 36.1 Å². The van der Waals surface area contributed by atoms with Gasteiger partial charge in [-0.3, -0.25) is 0 Å². The number of aryl methyl sites for hydroxylation is 1. The lowest BCUT2D eigenvalue weighted by Crippen LogP contribution is -1.78. The highest BCUT2D eigenvalue weighted by atomic mass is 16.3. The van der Waals surface area contributed by atoms with E-state index in [2.05, 4.69) is 19.1 Å². The van der Waals surface area contributed by atoms with Crippen LogP contribution in [-0.4, -0.2) is 0 Å². The van der Waals surface area contributed by atoms with E-state index in [1.807, 2.05) is 18.2 Å². The van der Waals surface area contributed by atoms with Gasteiger partial charge in [-0.05, 0) is 18.6 Å². The van der Waals surface area contributed by atoms with Gasteiger partial charge in [-0.25, -0.2) is 0 Å². The van der Waals surface area contributed by atoms with Gasteiger partial charge in [-0.2, -0.15) is 0 Å². The largest absolute Gasteiger partial charge is 0.461 e. The summed E-state index contributed by atoms with van der Waals surface area (Å²) in [6.45, 7) is 2.20. The molecule has 0 unspecified atom stereocenters. The molecule has 1 nitrogen and oxygen atoms in total. The third-order valence-corrected chi connectivity index (χ3v) is 2.25. The Hall–Kier alpha value is -1.24. The molecule has 0 N–H and O–H groups in total. The Kier molecular flexibility index (Phi) is 2.35. The topological polar surface area (TPSA) is 13.1 Å². The second-order valence-electron chi connectivity index (χ2n) is 3.35. The highest BCUT2D eigenvalue weighted by Crippen LogP contribution is 2.19. The highest BCUT2D eigenvalue weighted by molar-refractivity contribution is 5.77. The minimum absolute atomic E-state index is 1.01. The predicted octanol–water partition coefficient (Wildman–Crippen LogP) is 3.78. The second-order valence-corrected chi connectivity index (χ2v) is 3.35. The number of benzene rings is 1. The van der Waals surface area contributed by atoms with Crippen molar-refractivity contribution >= 4 is 11.0 Å². The van der Waals surface area contributed by atoms with Gasteiger partial charge in [0, 0.05) is 11.8 Å². The van der Waals surface area contributed by atoms with E-state index >= 15 is 0 Å². The molecule has 0 saturated heterocycles. The molecule has 0 fully saturated rings. The minimum Gasteiger partial charge on any atom is -0.461 e. The van der Waals surface area contributed by atoms with Crippen LogP contribution < -0.4 is 0 Å². The molecule has 0 aliphatic rings. The predicted molar refractivity (Wildman–Crippen MR) is 54.8 cm³/mol. The summed E-state index contributed by atoms with van der Waals surface area (Å²) in [6.07, 6.45) is 3.49. The molecular formula is C12H14O. The number of furan rings is 1. The quantitative estimate of drug-likeness (QED) is 0.690. The summed E-state index contributed by atoms with van der Waals surface area (Å²) < 4.78 is 5.67. The third kappa shape index (κ3) is 1.74. The zero-order valence-corrected chi connectivity index (χ0v) is 7.92. The summed E-state index contributed by atoms with van der Waals surface area (Å²) in [5.74, 6) is 1.11. The molecule has 0 spiro atoms. The fraction of sp³-hybridized carbons (Fsp3) is 0.333. The molecule has 2 rings (SSSR count). The van der Waals surface area contributed by atoms with Crippen molar-refractivity contribution in [1.82, 2.24) is 0 Å². The monoisotopic (exact) mass is 174 g/mol. The maximum atomic E-state index is 5.67. The van der Waals surface area contributed by atoms with Crippen LogP contribution in [0.1, 0.15) is 25.5 Å². The van der Waals surface area contributed by atoms with Gasteiger partial charge >= 0.3 is 0 Å². The lowest BCUT2D eigenvalue weighted by molar-refractivity contribution is 0.536. The van der Waals surface area contributed by atoms with Crippen LogP contribution in [0, 0.1) is 0 Å². The first kappa shape index (κ1) is 8.36. The van der Waals surface area contributed by atoms with Crippen molar-refractivity contribution in [3.63, 3.8) is 0 Å². The average molecular weight is 174 g/mol. The van der Waals surface area contributed by atoms with Gasteiger partial charge in [-0.1, -0.05) is 31.5 Å². The minimum atomic E-state index is 1.01. The number of hydrogen-bond acceptors (Lipinski definition) is 1. The van der Waals surface area contributed by atoms with Crippen molar-refractivity contribution in [2.75, 3.05) is 0 Å². The van der Waals surface area contributed by atoms with E-state index in [0.29, 0.717) is 0 Å². The second kappa shape index (κ2) is 3.65. The van der Waals surface area contributed by atoms with Crippen LogP contribution in [-0.2, 0) is 6.42 Å². The first-order valence-corrected chi connectivity index (χ1v) is 4.87. The first-order valence-electron chi connectivity index (χ1n) is 4.87. The van der Waals surface area contributed by atoms with Crippen LogP contribution in [0.2, 0.25) is 0 Å². The van der Waals surface area contributed by atoms with E-state index in [9.17, 15) is 0 Å². The van der Waals surface area contributed by atoms with Crippen molar-refractivity contribution in [3.8, 4) is 0 Å². The van der Waals surface area contributed by atoms with E-state index in [4.69, 9.17) is 4.42 Å². The van der Waals surface area contributed by atoms with Gasteiger partial charge in [0.2, 0.25) is 0 Å². The molecule has 1 aromatic heterocycles. The van der Waals surface area contributed by atoms with Crippen LogP contribution in [0.3, 0.4) is 0 Å². The van der Waals surface area contributed by atoms with Crippen LogP contribution in [0.15, 0.2) is 34.7 Å². The van der Waals surface area contributed by atoms with E-state index in [1.165, 1.54) is 18.2 Å². The molecule has 1 heterocycles. The molecule has 0 aliphatic heterocycles. The summed E-state index contributed by atoms with van der Waals surface area (Å²) in [4.78, 5) is 0. The fourth-order valence-corrected chi connectivity index (χ4v) is 1.51. The summed E-state index contributed by atoms with van der Waals surface area (Å²) in [7, 11) is 0. The van der Waals surface area contributed by atoms with Crippen molar-refractivity contribution in [2.45, 2.75) is 26.2 Å². The van der Waals surface area contributed by atoms with Crippen molar-refractivity contribution < 1.29 is 4.42 Å².